The number of sulfone groups is 1. The highest BCUT2D eigenvalue weighted by Crippen LogP contribution is 2.30. The van der Waals surface area contributed by atoms with Gasteiger partial charge in [-0.2, -0.15) is 0 Å². The molecule has 0 unspecified atom stereocenters. The summed E-state index contributed by atoms with van der Waals surface area (Å²) >= 11 is 0. The summed E-state index contributed by atoms with van der Waals surface area (Å²) in [5, 5.41) is 2.50. The van der Waals surface area contributed by atoms with Gasteiger partial charge in [-0.15, -0.1) is 0 Å². The number of para-hydroxylation sites is 1. The molecule has 1 N–H and O–H groups in total. The van der Waals surface area contributed by atoms with Crippen molar-refractivity contribution in [1.29, 1.82) is 0 Å². The van der Waals surface area contributed by atoms with Crippen molar-refractivity contribution in [1.82, 2.24) is 4.90 Å². The van der Waals surface area contributed by atoms with Crippen molar-refractivity contribution in [3.8, 4) is 5.75 Å². The van der Waals surface area contributed by atoms with Crippen LogP contribution in [0.2, 0.25) is 0 Å². The summed E-state index contributed by atoms with van der Waals surface area (Å²) in [6.07, 6.45) is 3.41. The zero-order valence-electron chi connectivity index (χ0n) is 16.0. The standard InChI is InChI=1S/C21H26N2O4S/c1-23(15-16-27-18-7-3-2-4-8-18)21(24)22-17-11-13-20(14-12-17)28(25,26)19-9-5-6-10-19/h2-4,7-8,11-14,19H,5-6,9-10,15-16H2,1H3,(H,22,24). The molecule has 0 atom stereocenters. The van der Waals surface area contributed by atoms with Gasteiger partial charge in [0, 0.05) is 12.7 Å². The van der Waals surface area contributed by atoms with Gasteiger partial charge in [-0.1, -0.05) is 31.0 Å². The Morgan fingerprint density at radius 2 is 1.71 bits per heavy atom. The molecular formula is C21H26N2O4S. The Kier molecular flexibility index (Phi) is 6.57. The van der Waals surface area contributed by atoms with E-state index in [-0.39, 0.29) is 11.3 Å². The summed E-state index contributed by atoms with van der Waals surface area (Å²) in [7, 11) is -1.60. The Labute approximate surface area is 166 Å². The SMILES string of the molecule is CN(CCOc1ccccc1)C(=O)Nc1ccc(S(=O)(=O)C2CCCC2)cc1. The van der Waals surface area contributed by atoms with Crippen LogP contribution in [0, 0.1) is 0 Å². The minimum Gasteiger partial charge on any atom is -0.492 e. The first-order valence-corrected chi connectivity index (χ1v) is 11.1. The molecule has 2 aromatic carbocycles. The third-order valence-electron chi connectivity index (χ3n) is 4.96. The molecule has 1 aliphatic rings. The zero-order chi connectivity index (χ0) is 20.0. The quantitative estimate of drug-likeness (QED) is 0.761. The first-order chi connectivity index (χ1) is 13.5. The Bertz CT molecular complexity index is 876. The Hall–Kier alpha value is -2.54. The smallest absolute Gasteiger partial charge is 0.321 e. The minimum absolute atomic E-state index is 0.274. The van der Waals surface area contributed by atoms with Gasteiger partial charge in [0.05, 0.1) is 16.7 Å². The highest BCUT2D eigenvalue weighted by atomic mass is 32.2. The number of rotatable bonds is 7. The van der Waals surface area contributed by atoms with Crippen LogP contribution in [0.4, 0.5) is 10.5 Å². The number of ether oxygens (including phenoxy) is 1. The van der Waals surface area contributed by atoms with Gasteiger partial charge in [0.2, 0.25) is 0 Å². The fourth-order valence-electron chi connectivity index (χ4n) is 3.26. The number of carbonyl (C=O) groups excluding carboxylic acids is 1. The van der Waals surface area contributed by atoms with Crippen molar-refractivity contribution in [2.24, 2.45) is 0 Å². The van der Waals surface area contributed by atoms with Crippen LogP contribution in [0.25, 0.3) is 0 Å². The van der Waals surface area contributed by atoms with Gasteiger partial charge < -0.3 is 15.0 Å². The van der Waals surface area contributed by atoms with Gasteiger partial charge in [0.25, 0.3) is 0 Å². The number of nitrogens with zero attached hydrogens (tertiary/aromatic N) is 1. The van der Waals surface area contributed by atoms with Crippen LogP contribution in [0.5, 0.6) is 5.75 Å². The molecule has 0 saturated heterocycles. The third-order valence-corrected chi connectivity index (χ3v) is 7.24. The molecule has 0 heterocycles. The van der Waals surface area contributed by atoms with Crippen molar-refractivity contribution in [2.75, 3.05) is 25.5 Å². The van der Waals surface area contributed by atoms with E-state index in [2.05, 4.69) is 5.32 Å². The highest BCUT2D eigenvalue weighted by Gasteiger charge is 2.30. The number of likely N-dealkylation sites (N-methyl/N-ethyl adjacent to an activating group) is 1. The van der Waals surface area contributed by atoms with E-state index in [0.717, 1.165) is 31.4 Å². The molecule has 150 valence electrons. The van der Waals surface area contributed by atoms with E-state index in [1.807, 2.05) is 30.3 Å². The second kappa shape index (κ2) is 9.10. The number of amides is 2. The molecule has 2 amide bonds. The lowest BCUT2D eigenvalue weighted by molar-refractivity contribution is 0.207. The van der Waals surface area contributed by atoms with Crippen LogP contribution in [0.3, 0.4) is 0 Å². The van der Waals surface area contributed by atoms with Gasteiger partial charge in [-0.3, -0.25) is 0 Å². The summed E-state index contributed by atoms with van der Waals surface area (Å²) in [6.45, 7) is 0.807. The number of nitrogens with one attached hydrogen (secondary N) is 1. The monoisotopic (exact) mass is 402 g/mol. The number of anilines is 1. The molecule has 28 heavy (non-hydrogen) atoms. The molecule has 0 spiro atoms. The Morgan fingerprint density at radius 3 is 2.36 bits per heavy atom. The van der Waals surface area contributed by atoms with E-state index in [4.69, 9.17) is 4.74 Å². The van der Waals surface area contributed by atoms with E-state index >= 15 is 0 Å². The number of hydrogen-bond acceptors (Lipinski definition) is 4. The predicted molar refractivity (Wildman–Crippen MR) is 109 cm³/mol. The topological polar surface area (TPSA) is 75.7 Å². The lowest BCUT2D eigenvalue weighted by Crippen LogP contribution is -2.34. The van der Waals surface area contributed by atoms with Gasteiger partial charge >= 0.3 is 6.03 Å². The molecule has 1 aliphatic carbocycles. The van der Waals surface area contributed by atoms with Crippen molar-refractivity contribution >= 4 is 21.6 Å². The fraction of sp³-hybridized carbons (Fsp3) is 0.381. The Balaban J connectivity index is 1.51. The molecule has 1 saturated carbocycles. The summed E-state index contributed by atoms with van der Waals surface area (Å²) < 4.78 is 30.8. The molecule has 0 aliphatic heterocycles. The van der Waals surface area contributed by atoms with Gasteiger partial charge in [0.15, 0.2) is 9.84 Å². The normalized spacial score (nSPS) is 14.6. The molecule has 3 rings (SSSR count). The van der Waals surface area contributed by atoms with Crippen molar-refractivity contribution in [3.63, 3.8) is 0 Å². The number of hydrogen-bond donors (Lipinski definition) is 1. The van der Waals surface area contributed by atoms with Crippen molar-refractivity contribution < 1.29 is 17.9 Å². The van der Waals surface area contributed by atoms with E-state index in [0.29, 0.717) is 23.7 Å². The van der Waals surface area contributed by atoms with E-state index < -0.39 is 9.84 Å². The molecule has 6 nitrogen and oxygen atoms in total. The van der Waals surface area contributed by atoms with Crippen molar-refractivity contribution in [2.45, 2.75) is 35.8 Å². The summed E-state index contributed by atoms with van der Waals surface area (Å²) in [5.74, 6) is 0.760. The van der Waals surface area contributed by atoms with Crippen LogP contribution in [-0.4, -0.2) is 44.8 Å². The average Bonchev–Trinajstić information content (AvgIpc) is 3.25. The van der Waals surface area contributed by atoms with Gasteiger partial charge in [-0.05, 0) is 49.2 Å². The largest absolute Gasteiger partial charge is 0.492 e. The van der Waals surface area contributed by atoms with Crippen molar-refractivity contribution in [3.05, 3.63) is 54.6 Å². The maximum Gasteiger partial charge on any atom is 0.321 e. The molecule has 0 radical (unpaired) electrons. The Morgan fingerprint density at radius 1 is 1.07 bits per heavy atom. The molecular weight excluding hydrogens is 376 g/mol. The number of urea groups is 1. The van der Waals surface area contributed by atoms with Gasteiger partial charge in [-0.25, -0.2) is 13.2 Å². The van der Waals surface area contributed by atoms with E-state index in [9.17, 15) is 13.2 Å². The van der Waals surface area contributed by atoms with Gasteiger partial charge in [0.1, 0.15) is 12.4 Å². The molecule has 0 bridgehead atoms. The molecule has 2 aromatic rings. The van der Waals surface area contributed by atoms with Crippen LogP contribution in [0.1, 0.15) is 25.7 Å². The maximum atomic E-state index is 12.6. The summed E-state index contributed by atoms with van der Waals surface area (Å²) in [4.78, 5) is 14.1. The second-order valence-electron chi connectivity index (χ2n) is 6.99. The van der Waals surface area contributed by atoms with Crippen LogP contribution >= 0.6 is 0 Å². The first-order valence-electron chi connectivity index (χ1n) is 9.51. The maximum absolute atomic E-state index is 12.6. The third kappa shape index (κ3) is 5.04. The number of carbonyl (C=O) groups is 1. The predicted octanol–water partition coefficient (Wildman–Crippen LogP) is 3.95. The highest BCUT2D eigenvalue weighted by molar-refractivity contribution is 7.92. The lowest BCUT2D eigenvalue weighted by atomic mass is 10.3. The van der Waals surface area contributed by atoms with E-state index in [1.165, 1.54) is 4.90 Å². The molecule has 1 fully saturated rings. The van der Waals surface area contributed by atoms with E-state index in [1.54, 1.807) is 31.3 Å². The summed E-state index contributed by atoms with van der Waals surface area (Å²) in [6, 6.07) is 15.6. The zero-order valence-corrected chi connectivity index (χ0v) is 16.8. The van der Waals surface area contributed by atoms with Crippen LogP contribution in [0.15, 0.2) is 59.5 Å². The fourth-order valence-corrected chi connectivity index (χ4v) is 5.11. The average molecular weight is 403 g/mol. The second-order valence-corrected chi connectivity index (χ2v) is 9.22. The minimum atomic E-state index is -3.28. The summed E-state index contributed by atoms with van der Waals surface area (Å²) in [5.41, 5.74) is 0.561. The molecule has 0 aromatic heterocycles. The lowest BCUT2D eigenvalue weighted by Gasteiger charge is -2.18. The number of benzene rings is 2. The molecule has 7 heteroatoms. The van der Waals surface area contributed by atoms with Crippen LogP contribution in [-0.2, 0) is 9.84 Å². The van der Waals surface area contributed by atoms with Crippen LogP contribution < -0.4 is 10.1 Å². The first kappa shape index (κ1) is 20.2.